The summed E-state index contributed by atoms with van der Waals surface area (Å²) in [5.74, 6) is 0.0124. The Labute approximate surface area is 150 Å². The molecule has 0 aromatic carbocycles. The Morgan fingerprint density at radius 1 is 1.20 bits per heavy atom. The zero-order valence-electron chi connectivity index (χ0n) is 16.1. The van der Waals surface area contributed by atoms with Crippen molar-refractivity contribution in [2.24, 2.45) is 5.92 Å². The third-order valence-corrected chi connectivity index (χ3v) is 3.74. The quantitative estimate of drug-likeness (QED) is 0.654. The lowest BCUT2D eigenvalue weighted by atomic mass is 10.1. The Kier molecular flexibility index (Phi) is 7.51. The van der Waals surface area contributed by atoms with E-state index in [2.05, 4.69) is 16.0 Å². The molecule has 0 bridgehead atoms. The minimum Gasteiger partial charge on any atom is -0.444 e. The van der Waals surface area contributed by atoms with Crippen LogP contribution in [0.25, 0.3) is 0 Å². The topological polar surface area (TPSA) is 99.8 Å². The number of carbonyl (C=O) groups excluding carboxylic acids is 3. The Bertz CT molecular complexity index is 488. The van der Waals surface area contributed by atoms with Gasteiger partial charge in [0.2, 0.25) is 5.91 Å². The minimum absolute atomic E-state index is 0.273. The zero-order chi connectivity index (χ0) is 19.2. The molecule has 0 saturated carbocycles. The van der Waals surface area contributed by atoms with Gasteiger partial charge in [0.05, 0.1) is 0 Å². The van der Waals surface area contributed by atoms with Crippen molar-refractivity contribution in [3.8, 4) is 0 Å². The van der Waals surface area contributed by atoms with E-state index in [0.717, 1.165) is 6.42 Å². The maximum absolute atomic E-state index is 12.7. The summed E-state index contributed by atoms with van der Waals surface area (Å²) in [6.07, 6.45) is 0.950. The first kappa shape index (κ1) is 21.1. The molecule has 1 rings (SSSR count). The van der Waals surface area contributed by atoms with Gasteiger partial charge >= 0.3 is 12.1 Å². The van der Waals surface area contributed by atoms with Crippen LogP contribution in [0.5, 0.6) is 0 Å². The number of amides is 4. The molecule has 4 amide bonds. The van der Waals surface area contributed by atoms with Gasteiger partial charge in [0.25, 0.3) is 0 Å². The van der Waals surface area contributed by atoms with Gasteiger partial charge in [-0.3, -0.25) is 9.69 Å². The van der Waals surface area contributed by atoms with Crippen molar-refractivity contribution in [1.82, 2.24) is 20.9 Å². The molecule has 0 radical (unpaired) electrons. The smallest absolute Gasteiger partial charge is 0.410 e. The number of hydrogen-bond donors (Lipinski definition) is 3. The summed E-state index contributed by atoms with van der Waals surface area (Å²) in [6, 6.07) is -0.933. The Balaban J connectivity index is 2.74. The van der Waals surface area contributed by atoms with E-state index in [1.54, 1.807) is 20.8 Å². The maximum atomic E-state index is 12.7. The van der Waals surface area contributed by atoms with Gasteiger partial charge in [-0.1, -0.05) is 13.8 Å². The van der Waals surface area contributed by atoms with E-state index in [1.807, 2.05) is 13.8 Å². The van der Waals surface area contributed by atoms with Crippen LogP contribution in [0, 0.1) is 5.92 Å². The fraction of sp³-hybridized carbons (Fsp3) is 0.824. The number of urea groups is 1. The molecule has 3 N–H and O–H groups in total. The predicted molar refractivity (Wildman–Crippen MR) is 94.9 cm³/mol. The van der Waals surface area contributed by atoms with Crippen molar-refractivity contribution in [3.63, 3.8) is 0 Å². The van der Waals surface area contributed by atoms with Crippen LogP contribution in [-0.4, -0.2) is 54.3 Å². The average molecular weight is 356 g/mol. The third-order valence-electron chi connectivity index (χ3n) is 3.74. The second kappa shape index (κ2) is 8.92. The summed E-state index contributed by atoms with van der Waals surface area (Å²) < 4.78 is 5.38. The number of ether oxygens (including phenoxy) is 1. The highest BCUT2D eigenvalue weighted by Gasteiger charge is 2.37. The number of nitrogens with zero attached hydrogens (tertiary/aromatic N) is 1. The molecular formula is C17H32N4O4. The van der Waals surface area contributed by atoms with E-state index in [0.29, 0.717) is 19.4 Å². The van der Waals surface area contributed by atoms with E-state index >= 15 is 0 Å². The fourth-order valence-corrected chi connectivity index (χ4v) is 2.70. The van der Waals surface area contributed by atoms with Crippen LogP contribution in [0.2, 0.25) is 0 Å². The second-order valence-corrected chi connectivity index (χ2v) is 7.75. The van der Waals surface area contributed by atoms with Crippen LogP contribution < -0.4 is 16.0 Å². The molecule has 1 fully saturated rings. The second-order valence-electron chi connectivity index (χ2n) is 7.75. The average Bonchev–Trinajstić information content (AvgIpc) is 2.94. The molecule has 0 aliphatic carbocycles. The zero-order valence-corrected chi connectivity index (χ0v) is 16.1. The van der Waals surface area contributed by atoms with E-state index in [1.165, 1.54) is 11.9 Å². The lowest BCUT2D eigenvalue weighted by molar-refractivity contribution is -0.126. The largest absolute Gasteiger partial charge is 0.444 e. The summed E-state index contributed by atoms with van der Waals surface area (Å²) in [7, 11) is 1.52. The van der Waals surface area contributed by atoms with Gasteiger partial charge < -0.3 is 20.7 Å². The fourth-order valence-electron chi connectivity index (χ4n) is 2.70. The summed E-state index contributed by atoms with van der Waals surface area (Å²) in [6.45, 7) is 9.89. The first-order chi connectivity index (χ1) is 11.5. The van der Waals surface area contributed by atoms with E-state index in [9.17, 15) is 14.4 Å². The highest BCUT2D eigenvalue weighted by Crippen LogP contribution is 2.21. The highest BCUT2D eigenvalue weighted by molar-refractivity contribution is 5.87. The van der Waals surface area contributed by atoms with Crippen molar-refractivity contribution in [2.45, 2.75) is 71.7 Å². The Hall–Kier alpha value is -1.99. The third kappa shape index (κ3) is 7.19. The molecule has 1 aliphatic heterocycles. The molecule has 1 heterocycles. The molecule has 25 heavy (non-hydrogen) atoms. The number of hydrogen-bond acceptors (Lipinski definition) is 4. The van der Waals surface area contributed by atoms with Crippen LogP contribution in [0.1, 0.15) is 53.9 Å². The SMILES string of the molecule is CNC(=O)N[C@@H](CC(C)C)NC(=O)[C@@H]1CCCN1C(=O)OC(C)(C)C. The molecular weight excluding hydrogens is 324 g/mol. The molecule has 2 atom stereocenters. The van der Waals surface area contributed by atoms with Crippen LogP contribution in [0.3, 0.4) is 0 Å². The predicted octanol–water partition coefficient (Wildman–Crippen LogP) is 1.80. The van der Waals surface area contributed by atoms with E-state index in [-0.39, 0.29) is 17.9 Å². The van der Waals surface area contributed by atoms with Gasteiger partial charge in [0, 0.05) is 13.6 Å². The van der Waals surface area contributed by atoms with Gasteiger partial charge in [0.1, 0.15) is 17.8 Å². The van der Waals surface area contributed by atoms with Crippen molar-refractivity contribution in [3.05, 3.63) is 0 Å². The summed E-state index contributed by atoms with van der Waals surface area (Å²) >= 11 is 0. The molecule has 0 unspecified atom stereocenters. The van der Waals surface area contributed by atoms with E-state index < -0.39 is 23.9 Å². The summed E-state index contributed by atoms with van der Waals surface area (Å²) in [5, 5.41) is 8.04. The molecule has 0 aromatic heterocycles. The number of rotatable bonds is 5. The van der Waals surface area contributed by atoms with Gasteiger partial charge in [-0.05, 0) is 46.0 Å². The Morgan fingerprint density at radius 3 is 2.36 bits per heavy atom. The van der Waals surface area contributed by atoms with Gasteiger partial charge in [-0.15, -0.1) is 0 Å². The van der Waals surface area contributed by atoms with Crippen LogP contribution >= 0.6 is 0 Å². The normalized spacial score (nSPS) is 18.7. The van der Waals surface area contributed by atoms with Crippen molar-refractivity contribution < 1.29 is 19.1 Å². The van der Waals surface area contributed by atoms with Crippen LogP contribution in [0.4, 0.5) is 9.59 Å². The van der Waals surface area contributed by atoms with Gasteiger partial charge in [-0.2, -0.15) is 0 Å². The van der Waals surface area contributed by atoms with Crippen molar-refractivity contribution >= 4 is 18.0 Å². The standard InChI is InChI=1S/C17H32N4O4/c1-11(2)10-13(20-15(23)18-6)19-14(22)12-8-7-9-21(12)16(24)25-17(3,4)5/h11-13H,7-10H2,1-6H3,(H,19,22)(H2,18,20,23)/t12-,13-/m0/s1. The molecule has 0 spiro atoms. The van der Waals surface area contributed by atoms with E-state index in [4.69, 9.17) is 4.74 Å². The summed E-state index contributed by atoms with van der Waals surface area (Å²) in [4.78, 5) is 38.0. The van der Waals surface area contributed by atoms with Gasteiger partial charge in [0.15, 0.2) is 0 Å². The van der Waals surface area contributed by atoms with Crippen LogP contribution in [-0.2, 0) is 9.53 Å². The molecule has 144 valence electrons. The first-order valence-electron chi connectivity index (χ1n) is 8.81. The highest BCUT2D eigenvalue weighted by atomic mass is 16.6. The molecule has 8 nitrogen and oxygen atoms in total. The number of carbonyl (C=O) groups is 3. The maximum Gasteiger partial charge on any atom is 0.410 e. The lowest BCUT2D eigenvalue weighted by Gasteiger charge is -2.29. The first-order valence-corrected chi connectivity index (χ1v) is 8.81. The lowest BCUT2D eigenvalue weighted by Crippen LogP contribution is -2.55. The monoisotopic (exact) mass is 356 g/mol. The molecule has 8 heteroatoms. The Morgan fingerprint density at radius 2 is 1.84 bits per heavy atom. The molecule has 1 saturated heterocycles. The van der Waals surface area contributed by atoms with Crippen molar-refractivity contribution in [2.75, 3.05) is 13.6 Å². The molecule has 1 aliphatic rings. The number of nitrogens with one attached hydrogen (secondary N) is 3. The minimum atomic E-state index is -0.609. The number of likely N-dealkylation sites (tertiary alicyclic amines) is 1. The van der Waals surface area contributed by atoms with Gasteiger partial charge in [-0.25, -0.2) is 9.59 Å². The van der Waals surface area contributed by atoms with Crippen LogP contribution in [0.15, 0.2) is 0 Å². The van der Waals surface area contributed by atoms with Crippen molar-refractivity contribution in [1.29, 1.82) is 0 Å². The summed E-state index contributed by atoms with van der Waals surface area (Å²) in [5.41, 5.74) is -0.609. The molecule has 0 aromatic rings.